The molecule has 0 radical (unpaired) electrons. The van der Waals surface area contributed by atoms with Gasteiger partial charge >= 0.3 is 5.97 Å². The lowest BCUT2D eigenvalue weighted by atomic mass is 10.00. The van der Waals surface area contributed by atoms with Crippen LogP contribution in [0.15, 0.2) is 52.8 Å². The summed E-state index contributed by atoms with van der Waals surface area (Å²) in [6.45, 7) is 1.87. The molecule has 3 aromatic heterocycles. The van der Waals surface area contributed by atoms with Crippen LogP contribution in [0, 0.1) is 24.1 Å². The molecular weight excluding hydrogens is 557 g/mol. The normalized spacial score (nSPS) is 11.2. The van der Waals surface area contributed by atoms with Gasteiger partial charge < -0.3 is 19.1 Å². The van der Waals surface area contributed by atoms with E-state index in [9.17, 15) is 24.3 Å². The van der Waals surface area contributed by atoms with E-state index in [0.717, 1.165) is 0 Å². The van der Waals surface area contributed by atoms with Gasteiger partial charge in [-0.25, -0.2) is 9.18 Å². The zero-order valence-corrected chi connectivity index (χ0v) is 22.9. The topological polar surface area (TPSA) is 114 Å². The van der Waals surface area contributed by atoms with Gasteiger partial charge in [0.2, 0.25) is 0 Å². The van der Waals surface area contributed by atoms with Crippen LogP contribution in [-0.4, -0.2) is 34.3 Å². The molecule has 3 heterocycles. The SMILES string of the molecule is COCc1cc(F)c2cc(C)n(CCOc3ccc(Cl)cc3-c3ccnc4c(C(=O)O)csc34)c(=O)c2c1C#N. The van der Waals surface area contributed by atoms with Crippen LogP contribution >= 0.6 is 22.9 Å². The highest BCUT2D eigenvalue weighted by molar-refractivity contribution is 7.18. The molecule has 0 unspecified atom stereocenters. The van der Waals surface area contributed by atoms with E-state index in [-0.39, 0.29) is 41.7 Å². The van der Waals surface area contributed by atoms with Crippen LogP contribution < -0.4 is 10.3 Å². The molecule has 0 bridgehead atoms. The van der Waals surface area contributed by atoms with E-state index >= 15 is 0 Å². The molecule has 0 atom stereocenters. The summed E-state index contributed by atoms with van der Waals surface area (Å²) in [5.74, 6) is -1.19. The number of nitriles is 1. The van der Waals surface area contributed by atoms with E-state index in [2.05, 4.69) is 4.98 Å². The Morgan fingerprint density at radius 3 is 2.77 bits per heavy atom. The van der Waals surface area contributed by atoms with E-state index in [1.165, 1.54) is 35.3 Å². The number of rotatable bonds is 8. The molecule has 0 aliphatic rings. The number of methoxy groups -OCH3 is 1. The number of benzene rings is 2. The number of halogens is 2. The minimum atomic E-state index is -1.07. The summed E-state index contributed by atoms with van der Waals surface area (Å²) in [5, 5.41) is 21.3. The lowest BCUT2D eigenvalue weighted by Gasteiger charge is -2.16. The van der Waals surface area contributed by atoms with Crippen molar-refractivity contribution in [1.82, 2.24) is 9.55 Å². The number of carboxylic acids is 1. The second kappa shape index (κ2) is 11.1. The van der Waals surface area contributed by atoms with Gasteiger partial charge in [0.1, 0.15) is 24.2 Å². The first-order chi connectivity index (χ1) is 19.2. The predicted octanol–water partition coefficient (Wildman–Crippen LogP) is 6.17. The Labute approximate surface area is 236 Å². The van der Waals surface area contributed by atoms with Gasteiger partial charge in [-0.2, -0.15) is 5.26 Å². The molecule has 1 N–H and O–H groups in total. The molecule has 202 valence electrons. The number of aryl methyl sites for hydroxylation is 1. The maximum absolute atomic E-state index is 14.9. The first kappa shape index (κ1) is 27.3. The lowest BCUT2D eigenvalue weighted by Crippen LogP contribution is -2.26. The Balaban J connectivity index is 1.51. The van der Waals surface area contributed by atoms with Gasteiger partial charge in [-0.05, 0) is 48.9 Å². The zero-order chi connectivity index (χ0) is 28.6. The first-order valence-corrected chi connectivity index (χ1v) is 13.3. The zero-order valence-electron chi connectivity index (χ0n) is 21.3. The van der Waals surface area contributed by atoms with Gasteiger partial charge in [-0.3, -0.25) is 9.78 Å². The quantitative estimate of drug-likeness (QED) is 0.234. The number of hydrogen-bond donors (Lipinski definition) is 1. The van der Waals surface area contributed by atoms with Gasteiger partial charge in [0.15, 0.2) is 0 Å². The summed E-state index contributed by atoms with van der Waals surface area (Å²) in [6.07, 6.45) is 1.53. The van der Waals surface area contributed by atoms with Crippen molar-refractivity contribution in [3.05, 3.63) is 91.6 Å². The van der Waals surface area contributed by atoms with Crippen LogP contribution in [0.3, 0.4) is 0 Å². The minimum absolute atomic E-state index is 0.00144. The number of fused-ring (bicyclic) bond motifs is 2. The maximum atomic E-state index is 14.9. The van der Waals surface area contributed by atoms with Crippen LogP contribution in [0.4, 0.5) is 4.39 Å². The van der Waals surface area contributed by atoms with Gasteiger partial charge in [-0.1, -0.05) is 11.6 Å². The highest BCUT2D eigenvalue weighted by atomic mass is 35.5. The lowest BCUT2D eigenvalue weighted by molar-refractivity contribution is 0.0699. The number of nitrogens with zero attached hydrogens (tertiary/aromatic N) is 3. The third kappa shape index (κ3) is 4.79. The van der Waals surface area contributed by atoms with Crippen LogP contribution in [0.25, 0.3) is 32.1 Å². The molecule has 0 saturated heterocycles. The summed E-state index contributed by atoms with van der Waals surface area (Å²) < 4.78 is 28.2. The van der Waals surface area contributed by atoms with E-state index in [1.807, 2.05) is 6.07 Å². The van der Waals surface area contributed by atoms with E-state index in [0.29, 0.717) is 43.4 Å². The Bertz CT molecular complexity index is 1910. The smallest absolute Gasteiger partial charge is 0.338 e. The van der Waals surface area contributed by atoms with Crippen molar-refractivity contribution in [2.45, 2.75) is 20.1 Å². The third-order valence-corrected chi connectivity index (χ3v) is 7.77. The predicted molar refractivity (Wildman–Crippen MR) is 151 cm³/mol. The molecule has 2 aromatic carbocycles. The molecule has 0 aliphatic heterocycles. The van der Waals surface area contributed by atoms with Crippen molar-refractivity contribution in [2.75, 3.05) is 13.7 Å². The van der Waals surface area contributed by atoms with Crippen LogP contribution in [0.1, 0.15) is 27.2 Å². The average molecular weight is 578 g/mol. The van der Waals surface area contributed by atoms with E-state index in [4.69, 9.17) is 21.1 Å². The van der Waals surface area contributed by atoms with Gasteiger partial charge in [0.25, 0.3) is 5.56 Å². The molecule has 0 fully saturated rings. The molecule has 0 amide bonds. The molecule has 8 nitrogen and oxygen atoms in total. The molecular formula is C29H21ClFN3O5S. The van der Waals surface area contributed by atoms with Crippen molar-refractivity contribution in [1.29, 1.82) is 5.26 Å². The number of carbonyl (C=O) groups is 1. The number of aromatic nitrogens is 2. The number of pyridine rings is 2. The summed E-state index contributed by atoms with van der Waals surface area (Å²) >= 11 is 7.56. The molecule has 40 heavy (non-hydrogen) atoms. The molecule has 5 rings (SSSR count). The van der Waals surface area contributed by atoms with Crippen molar-refractivity contribution in [2.24, 2.45) is 0 Å². The van der Waals surface area contributed by atoms with Crippen molar-refractivity contribution in [3.8, 4) is 22.9 Å². The standard InChI is InChI=1S/C29H21ClFN3O5S/c1-15-9-20-23(31)10-16(13-38-2)21(12-32)25(20)28(35)34(15)7-8-39-24-4-3-17(30)11-19(24)18-5-6-33-26-22(29(36)37)14-40-27(18)26/h3-6,9-11,14H,7-8,13H2,1-2H3,(H,36,37). The Hall–Kier alpha value is -4.30. The van der Waals surface area contributed by atoms with Crippen molar-refractivity contribution >= 4 is 49.9 Å². The van der Waals surface area contributed by atoms with Gasteiger partial charge in [0, 0.05) is 45.9 Å². The second-order valence-corrected chi connectivity index (χ2v) is 10.3. The number of carboxylic acid groups (broad SMARTS) is 1. The van der Waals surface area contributed by atoms with Gasteiger partial charge in [0.05, 0.1) is 39.9 Å². The summed E-state index contributed by atoms with van der Waals surface area (Å²) in [5.41, 5.74) is 2.21. The van der Waals surface area contributed by atoms with E-state index in [1.54, 1.807) is 42.6 Å². The summed E-state index contributed by atoms with van der Waals surface area (Å²) in [7, 11) is 1.43. The fraction of sp³-hybridized carbons (Fsp3) is 0.172. The van der Waals surface area contributed by atoms with E-state index < -0.39 is 17.3 Å². The average Bonchev–Trinajstić information content (AvgIpc) is 3.37. The molecule has 0 saturated carbocycles. The highest BCUT2D eigenvalue weighted by Gasteiger charge is 2.20. The molecule has 0 spiro atoms. The summed E-state index contributed by atoms with van der Waals surface area (Å²) in [4.78, 5) is 29.4. The minimum Gasteiger partial charge on any atom is -0.491 e. The summed E-state index contributed by atoms with van der Waals surface area (Å²) in [6, 6.07) is 11.6. The fourth-order valence-electron chi connectivity index (χ4n) is 4.72. The third-order valence-electron chi connectivity index (χ3n) is 6.54. The number of thiophene rings is 1. The van der Waals surface area contributed by atoms with Gasteiger partial charge in [-0.15, -0.1) is 11.3 Å². The first-order valence-electron chi connectivity index (χ1n) is 12.0. The molecule has 0 aliphatic carbocycles. The number of hydrogen-bond acceptors (Lipinski definition) is 7. The monoisotopic (exact) mass is 577 g/mol. The largest absolute Gasteiger partial charge is 0.491 e. The number of aromatic carboxylic acids is 1. The Morgan fingerprint density at radius 1 is 1.25 bits per heavy atom. The van der Waals surface area contributed by atoms with Crippen molar-refractivity contribution < 1.29 is 23.8 Å². The maximum Gasteiger partial charge on any atom is 0.338 e. The highest BCUT2D eigenvalue weighted by Crippen LogP contribution is 2.39. The van der Waals surface area contributed by atoms with Crippen LogP contribution in [0.5, 0.6) is 5.75 Å². The fourth-order valence-corrected chi connectivity index (χ4v) is 5.92. The molecule has 11 heteroatoms. The Kier molecular flexibility index (Phi) is 7.54. The number of ether oxygens (including phenoxy) is 2. The molecule has 5 aromatic rings. The van der Waals surface area contributed by atoms with Crippen molar-refractivity contribution in [3.63, 3.8) is 0 Å². The Morgan fingerprint density at radius 2 is 2.05 bits per heavy atom. The van der Waals surface area contributed by atoms with Crippen LogP contribution in [0.2, 0.25) is 5.02 Å². The van der Waals surface area contributed by atoms with Crippen LogP contribution in [-0.2, 0) is 17.9 Å². The second-order valence-electron chi connectivity index (χ2n) is 8.95.